The summed E-state index contributed by atoms with van der Waals surface area (Å²) in [6.07, 6.45) is 4.41. The van der Waals surface area contributed by atoms with Crippen LogP contribution in [0.5, 0.6) is 0 Å². The van der Waals surface area contributed by atoms with E-state index in [1.165, 1.54) is 4.88 Å². The van der Waals surface area contributed by atoms with E-state index in [1.807, 2.05) is 23.3 Å². The van der Waals surface area contributed by atoms with Crippen LogP contribution in [0.3, 0.4) is 0 Å². The molecule has 1 aliphatic heterocycles. The predicted molar refractivity (Wildman–Crippen MR) is 82.0 cm³/mol. The van der Waals surface area contributed by atoms with Crippen molar-refractivity contribution in [2.24, 2.45) is 0 Å². The molecule has 2 aliphatic rings. The number of amides is 1. The van der Waals surface area contributed by atoms with Crippen LogP contribution < -0.4 is 5.32 Å². The number of hydrogen-bond acceptors (Lipinski definition) is 4. The van der Waals surface area contributed by atoms with Gasteiger partial charge >= 0.3 is 0 Å². The molecule has 0 bridgehead atoms. The van der Waals surface area contributed by atoms with Gasteiger partial charge in [-0.2, -0.15) is 0 Å². The zero-order valence-corrected chi connectivity index (χ0v) is 13.4. The summed E-state index contributed by atoms with van der Waals surface area (Å²) in [6, 6.07) is 4.09. The van der Waals surface area contributed by atoms with E-state index in [0.717, 1.165) is 19.3 Å². The normalized spacial score (nSPS) is 27.0. The zero-order valence-electron chi connectivity index (χ0n) is 11.8. The summed E-state index contributed by atoms with van der Waals surface area (Å²) in [5.74, 6) is 0.227. The minimum atomic E-state index is -0.829. The summed E-state index contributed by atoms with van der Waals surface area (Å²) < 4.78 is 11.5. The molecule has 6 heteroatoms. The molecule has 0 radical (unpaired) electrons. The second-order valence-corrected chi connectivity index (χ2v) is 8.52. The maximum absolute atomic E-state index is 12.6. The largest absolute Gasteiger partial charge is 0.320 e. The lowest BCUT2D eigenvalue weighted by atomic mass is 10.2. The Labute approximate surface area is 126 Å². The first-order valence-electron chi connectivity index (χ1n) is 6.98. The van der Waals surface area contributed by atoms with Gasteiger partial charge in [0.25, 0.3) is 0 Å². The van der Waals surface area contributed by atoms with Crippen molar-refractivity contribution in [3.8, 4) is 0 Å². The molecule has 2 fully saturated rings. The van der Waals surface area contributed by atoms with Crippen LogP contribution >= 0.6 is 11.3 Å². The highest BCUT2D eigenvalue weighted by atomic mass is 32.2. The van der Waals surface area contributed by atoms with Gasteiger partial charge in [-0.3, -0.25) is 14.3 Å². The zero-order chi connectivity index (χ0) is 14.3. The number of nitrogens with zero attached hydrogens (tertiary/aromatic N) is 1. The van der Waals surface area contributed by atoms with E-state index >= 15 is 0 Å². The van der Waals surface area contributed by atoms with Crippen LogP contribution in [0, 0.1) is 0 Å². The minimum Gasteiger partial charge on any atom is -0.320 e. The second kappa shape index (κ2) is 5.24. The van der Waals surface area contributed by atoms with Crippen LogP contribution in [0.2, 0.25) is 0 Å². The van der Waals surface area contributed by atoms with Crippen molar-refractivity contribution < 1.29 is 9.00 Å². The summed E-state index contributed by atoms with van der Waals surface area (Å²) >= 11 is 1.68. The molecule has 3 unspecified atom stereocenters. The Morgan fingerprint density at radius 1 is 1.60 bits per heavy atom. The Morgan fingerprint density at radius 3 is 2.90 bits per heavy atom. The summed E-state index contributed by atoms with van der Waals surface area (Å²) in [5.41, 5.74) is -0.288. The lowest BCUT2D eigenvalue weighted by molar-refractivity contribution is -0.130. The Hall–Kier alpha value is -0.720. The third-order valence-corrected chi connectivity index (χ3v) is 6.59. The van der Waals surface area contributed by atoms with Gasteiger partial charge < -0.3 is 4.90 Å². The molecule has 1 spiro atoms. The van der Waals surface area contributed by atoms with Crippen LogP contribution in [-0.2, 0) is 15.6 Å². The fourth-order valence-electron chi connectivity index (χ4n) is 2.67. The maximum atomic E-state index is 12.6. The van der Waals surface area contributed by atoms with Crippen LogP contribution in [0.1, 0.15) is 37.2 Å². The van der Waals surface area contributed by atoms with Gasteiger partial charge in [0.1, 0.15) is 11.7 Å². The fourth-order valence-corrected chi connectivity index (χ4v) is 3.89. The van der Waals surface area contributed by atoms with Crippen LogP contribution in [0.4, 0.5) is 0 Å². The molecule has 1 aliphatic carbocycles. The molecular weight excluding hydrogens is 292 g/mol. The van der Waals surface area contributed by atoms with Gasteiger partial charge in [0.15, 0.2) is 0 Å². The van der Waals surface area contributed by atoms with E-state index in [0.29, 0.717) is 6.54 Å². The number of thiophene rings is 1. The Kier molecular flexibility index (Phi) is 3.73. The monoisotopic (exact) mass is 312 g/mol. The Balaban J connectivity index is 1.75. The van der Waals surface area contributed by atoms with E-state index in [4.69, 9.17) is 0 Å². The quantitative estimate of drug-likeness (QED) is 0.903. The molecule has 3 atom stereocenters. The molecule has 0 aromatic carbocycles. The molecule has 1 N–H and O–H groups in total. The fraction of sp³-hybridized carbons (Fsp3) is 0.643. The molecular formula is C14H20N2O2S2. The molecule has 3 rings (SSSR count). The van der Waals surface area contributed by atoms with E-state index < -0.39 is 10.8 Å². The lowest BCUT2D eigenvalue weighted by Crippen LogP contribution is -2.34. The average Bonchev–Trinajstić information content (AvgIpc) is 2.90. The average molecular weight is 312 g/mol. The predicted octanol–water partition coefficient (Wildman–Crippen LogP) is 1.87. The number of hydrogen-bond donors (Lipinski definition) is 1. The summed E-state index contributed by atoms with van der Waals surface area (Å²) in [5, 5.41) is 5.68. The van der Waals surface area contributed by atoms with E-state index in [2.05, 4.69) is 11.4 Å². The standard InChI is InChI=1S/C14H20N2O2S2/c1-10(20(2)18)5-8-16-12(11-4-3-9-19-11)15-14(6-7-14)13(16)17/h3-4,9-10,12,15H,5-8H2,1-2H3. The van der Waals surface area contributed by atoms with Crippen molar-refractivity contribution in [1.29, 1.82) is 0 Å². The van der Waals surface area contributed by atoms with Crippen LogP contribution in [0.15, 0.2) is 17.5 Å². The first-order chi connectivity index (χ1) is 9.53. The topological polar surface area (TPSA) is 49.4 Å². The number of rotatable bonds is 5. The van der Waals surface area contributed by atoms with Gasteiger partial charge in [-0.05, 0) is 30.7 Å². The van der Waals surface area contributed by atoms with Gasteiger partial charge in [0, 0.05) is 33.7 Å². The molecule has 1 aromatic rings. The van der Waals surface area contributed by atoms with E-state index in [1.54, 1.807) is 17.6 Å². The van der Waals surface area contributed by atoms with Crippen LogP contribution in [-0.4, -0.2) is 38.6 Å². The van der Waals surface area contributed by atoms with Crippen molar-refractivity contribution in [3.63, 3.8) is 0 Å². The SMILES string of the molecule is CC(CCN1C(=O)C2(CC2)NC1c1cccs1)S(C)=O. The van der Waals surface area contributed by atoms with Gasteiger partial charge in [0.2, 0.25) is 5.91 Å². The molecule has 1 amide bonds. The smallest absolute Gasteiger partial charge is 0.244 e. The molecule has 20 heavy (non-hydrogen) atoms. The minimum absolute atomic E-state index is 0.00231. The third-order valence-electron chi connectivity index (χ3n) is 4.30. The van der Waals surface area contributed by atoms with Crippen molar-refractivity contribution in [2.75, 3.05) is 12.8 Å². The molecule has 1 aromatic heterocycles. The summed E-state index contributed by atoms with van der Waals surface area (Å²) in [6.45, 7) is 2.66. The second-order valence-electron chi connectivity index (χ2n) is 5.74. The first-order valence-corrected chi connectivity index (χ1v) is 9.48. The molecule has 2 heterocycles. The molecule has 110 valence electrons. The lowest BCUT2D eigenvalue weighted by Gasteiger charge is -2.24. The Morgan fingerprint density at radius 2 is 2.35 bits per heavy atom. The molecule has 1 saturated carbocycles. The Bertz CT molecular complexity index is 525. The van der Waals surface area contributed by atoms with Crippen molar-refractivity contribution >= 4 is 28.0 Å². The maximum Gasteiger partial charge on any atom is 0.244 e. The highest BCUT2D eigenvalue weighted by molar-refractivity contribution is 7.84. The highest BCUT2D eigenvalue weighted by Crippen LogP contribution is 2.46. The summed E-state index contributed by atoms with van der Waals surface area (Å²) in [7, 11) is -0.829. The summed E-state index contributed by atoms with van der Waals surface area (Å²) in [4.78, 5) is 15.7. The van der Waals surface area contributed by atoms with Crippen molar-refractivity contribution in [3.05, 3.63) is 22.4 Å². The van der Waals surface area contributed by atoms with Crippen molar-refractivity contribution in [2.45, 2.75) is 43.1 Å². The van der Waals surface area contributed by atoms with Gasteiger partial charge in [-0.25, -0.2) is 0 Å². The number of nitrogens with one attached hydrogen (secondary N) is 1. The van der Waals surface area contributed by atoms with Crippen molar-refractivity contribution in [1.82, 2.24) is 10.2 Å². The van der Waals surface area contributed by atoms with Gasteiger partial charge in [-0.15, -0.1) is 11.3 Å². The number of carbonyl (C=O) groups excluding carboxylic acids is 1. The number of carbonyl (C=O) groups is 1. The third kappa shape index (κ3) is 2.44. The van der Waals surface area contributed by atoms with Gasteiger partial charge in [0.05, 0.1) is 0 Å². The molecule has 4 nitrogen and oxygen atoms in total. The van der Waals surface area contributed by atoms with E-state index in [-0.39, 0.29) is 22.9 Å². The first kappa shape index (κ1) is 14.2. The van der Waals surface area contributed by atoms with E-state index in [9.17, 15) is 9.00 Å². The van der Waals surface area contributed by atoms with Gasteiger partial charge in [-0.1, -0.05) is 13.0 Å². The molecule has 1 saturated heterocycles. The highest BCUT2D eigenvalue weighted by Gasteiger charge is 2.59. The van der Waals surface area contributed by atoms with Crippen LogP contribution in [0.25, 0.3) is 0 Å².